The lowest BCUT2D eigenvalue weighted by molar-refractivity contribution is -0.137. The van der Waals surface area contributed by atoms with E-state index in [1.807, 2.05) is 45.9 Å². The molecule has 31 heavy (non-hydrogen) atoms. The van der Waals surface area contributed by atoms with E-state index in [2.05, 4.69) is 31.8 Å². The summed E-state index contributed by atoms with van der Waals surface area (Å²) in [4.78, 5) is 0. The van der Waals surface area contributed by atoms with Crippen LogP contribution in [0.5, 0.6) is 0 Å². The van der Waals surface area contributed by atoms with Crippen molar-refractivity contribution in [3.05, 3.63) is 77.8 Å². The number of alkyl halides is 3. The first-order chi connectivity index (χ1) is 14.2. The van der Waals surface area contributed by atoms with Crippen LogP contribution in [0.4, 0.5) is 13.2 Å². The van der Waals surface area contributed by atoms with Gasteiger partial charge in [-0.2, -0.15) is 13.2 Å². The van der Waals surface area contributed by atoms with Gasteiger partial charge in [0.15, 0.2) is 0 Å². The first kappa shape index (κ1) is 23.8. The number of rotatable bonds is 5. The summed E-state index contributed by atoms with van der Waals surface area (Å²) in [6, 6.07) is 15.6. The fourth-order valence-electron chi connectivity index (χ4n) is 4.12. The molecule has 1 aliphatic heterocycles. The lowest BCUT2D eigenvalue weighted by atomic mass is 9.75. The Kier molecular flexibility index (Phi) is 6.11. The van der Waals surface area contributed by atoms with Crippen LogP contribution in [-0.2, 0) is 15.5 Å². The molecule has 1 heterocycles. The van der Waals surface area contributed by atoms with Crippen LogP contribution in [0.15, 0.2) is 66.6 Å². The van der Waals surface area contributed by atoms with Crippen molar-refractivity contribution in [1.29, 1.82) is 0 Å². The first-order valence-corrected chi connectivity index (χ1v) is 13.5. The molecule has 1 fully saturated rings. The van der Waals surface area contributed by atoms with E-state index in [-0.39, 0.29) is 5.54 Å². The average molecular weight is 446 g/mol. The topological polar surface area (TPSA) is 18.5 Å². The van der Waals surface area contributed by atoms with Gasteiger partial charge in [-0.15, -0.1) is 6.58 Å². The summed E-state index contributed by atoms with van der Waals surface area (Å²) in [5.74, 6) is 0. The highest BCUT2D eigenvalue weighted by atomic mass is 28.3. The SMILES string of the molecule is C=C(B1OC(C)(C)C(C)(C)O1)C(c1ccc(C(F)(F)F)cc1)[Si](C)(C)c1ccccc1. The Bertz CT molecular complexity index is 922. The molecule has 1 saturated heterocycles. The highest BCUT2D eigenvalue weighted by molar-refractivity contribution is 6.92. The molecule has 0 aliphatic carbocycles. The highest BCUT2D eigenvalue weighted by Gasteiger charge is 2.54. The van der Waals surface area contributed by atoms with Crippen molar-refractivity contribution in [1.82, 2.24) is 0 Å². The highest BCUT2D eigenvalue weighted by Crippen LogP contribution is 2.43. The lowest BCUT2D eigenvalue weighted by Crippen LogP contribution is -2.50. The number of benzene rings is 2. The van der Waals surface area contributed by atoms with Crippen molar-refractivity contribution in [3.8, 4) is 0 Å². The molecule has 0 aromatic heterocycles. The molecular weight excluding hydrogens is 416 g/mol. The molecule has 0 bridgehead atoms. The van der Waals surface area contributed by atoms with Crippen LogP contribution in [0.25, 0.3) is 0 Å². The number of hydrogen-bond acceptors (Lipinski definition) is 2. The van der Waals surface area contributed by atoms with Crippen LogP contribution in [-0.4, -0.2) is 26.4 Å². The quantitative estimate of drug-likeness (QED) is 0.515. The molecule has 2 aromatic carbocycles. The third-order valence-corrected chi connectivity index (χ3v) is 10.7. The third-order valence-electron chi connectivity index (χ3n) is 6.74. The summed E-state index contributed by atoms with van der Waals surface area (Å²) in [5, 5.41) is 1.19. The van der Waals surface area contributed by atoms with Gasteiger partial charge in [0.1, 0.15) is 0 Å². The minimum atomic E-state index is -4.37. The van der Waals surface area contributed by atoms with Crippen LogP contribution in [0.2, 0.25) is 13.1 Å². The number of hydrogen-bond donors (Lipinski definition) is 0. The molecular formula is C24H30BF3O2Si. The molecule has 1 aliphatic rings. The maximum atomic E-state index is 13.1. The van der Waals surface area contributed by atoms with Crippen LogP contribution in [0.3, 0.4) is 0 Å². The fourth-order valence-corrected chi connectivity index (χ4v) is 7.60. The molecule has 2 nitrogen and oxygen atoms in total. The van der Waals surface area contributed by atoms with Gasteiger partial charge in [0.25, 0.3) is 0 Å². The maximum absolute atomic E-state index is 13.1. The van der Waals surface area contributed by atoms with E-state index in [1.165, 1.54) is 5.19 Å². The summed E-state index contributed by atoms with van der Waals surface area (Å²) in [5.41, 5.74) is -0.345. The Labute approximate surface area is 184 Å². The third kappa shape index (κ3) is 4.54. The molecule has 7 heteroatoms. The summed E-state index contributed by atoms with van der Waals surface area (Å²) in [7, 11) is -2.91. The minimum absolute atomic E-state index is 0.188. The molecule has 0 amide bonds. The lowest BCUT2D eigenvalue weighted by Gasteiger charge is -2.36. The van der Waals surface area contributed by atoms with Gasteiger partial charge in [-0.3, -0.25) is 0 Å². The molecule has 0 N–H and O–H groups in total. The van der Waals surface area contributed by atoms with Gasteiger partial charge in [-0.1, -0.05) is 60.7 Å². The number of halogens is 3. The van der Waals surface area contributed by atoms with Crippen LogP contribution in [0, 0.1) is 0 Å². The normalized spacial score (nSPS) is 19.3. The summed E-state index contributed by atoms with van der Waals surface area (Å²) < 4.78 is 52.0. The fraction of sp³-hybridized carbons (Fsp3) is 0.417. The Morgan fingerprint density at radius 3 is 1.84 bits per heavy atom. The van der Waals surface area contributed by atoms with E-state index in [1.54, 1.807) is 12.1 Å². The molecule has 1 unspecified atom stereocenters. The molecule has 0 spiro atoms. The van der Waals surface area contributed by atoms with Crippen LogP contribution < -0.4 is 5.19 Å². The van der Waals surface area contributed by atoms with E-state index < -0.39 is 38.1 Å². The molecule has 2 aromatic rings. The predicted octanol–water partition coefficient (Wildman–Crippen LogP) is 6.13. The van der Waals surface area contributed by atoms with Crippen molar-refractivity contribution in [2.75, 3.05) is 0 Å². The van der Waals surface area contributed by atoms with Gasteiger partial charge < -0.3 is 9.31 Å². The average Bonchev–Trinajstić information content (AvgIpc) is 2.89. The summed E-state index contributed by atoms with van der Waals surface area (Å²) in [6.45, 7) is 16.7. The Hall–Kier alpha value is -1.83. The molecule has 1 atom stereocenters. The van der Waals surface area contributed by atoms with Gasteiger partial charge in [0, 0.05) is 5.54 Å². The smallest absolute Gasteiger partial charge is 0.400 e. The second kappa shape index (κ2) is 7.94. The standard InChI is InChI=1S/C24H30BF3O2Si/c1-17(25-29-22(2,3)23(4,5)30-25)21(31(6,7)20-11-9-8-10-12-20)18-13-15-19(16-14-18)24(26,27)28/h8-16,21H,1H2,2-7H3. The minimum Gasteiger partial charge on any atom is -0.400 e. The Morgan fingerprint density at radius 1 is 0.903 bits per heavy atom. The van der Waals surface area contributed by atoms with E-state index >= 15 is 0 Å². The second-order valence-electron chi connectivity index (χ2n) is 9.80. The Morgan fingerprint density at radius 2 is 1.39 bits per heavy atom. The van der Waals surface area contributed by atoms with Crippen LogP contribution >= 0.6 is 0 Å². The summed E-state index contributed by atoms with van der Waals surface area (Å²) in [6.07, 6.45) is -4.37. The molecule has 0 saturated carbocycles. The molecule has 0 radical (unpaired) electrons. The Balaban J connectivity index is 2.06. The zero-order valence-corrected chi connectivity index (χ0v) is 20.0. The number of allylic oxidation sites excluding steroid dienone is 1. The zero-order chi connectivity index (χ0) is 23.2. The second-order valence-corrected chi connectivity index (χ2v) is 14.4. The molecule has 3 rings (SSSR count). The van der Waals surface area contributed by atoms with Crippen molar-refractivity contribution < 1.29 is 22.5 Å². The van der Waals surface area contributed by atoms with Gasteiger partial charge in [-0.05, 0) is 50.9 Å². The van der Waals surface area contributed by atoms with Crippen LogP contribution in [0.1, 0.15) is 44.4 Å². The van der Waals surface area contributed by atoms with Gasteiger partial charge >= 0.3 is 13.3 Å². The predicted molar refractivity (Wildman–Crippen MR) is 123 cm³/mol. The molecule has 166 valence electrons. The van der Waals surface area contributed by atoms with Crippen molar-refractivity contribution in [3.63, 3.8) is 0 Å². The van der Waals surface area contributed by atoms with E-state index in [0.29, 0.717) is 0 Å². The van der Waals surface area contributed by atoms with Gasteiger partial charge in [0.05, 0.1) is 24.8 Å². The van der Waals surface area contributed by atoms with Crippen molar-refractivity contribution >= 4 is 20.4 Å². The van der Waals surface area contributed by atoms with Crippen molar-refractivity contribution in [2.24, 2.45) is 0 Å². The maximum Gasteiger partial charge on any atom is 0.490 e. The monoisotopic (exact) mass is 446 g/mol. The largest absolute Gasteiger partial charge is 0.490 e. The zero-order valence-electron chi connectivity index (χ0n) is 19.0. The van der Waals surface area contributed by atoms with E-state index in [9.17, 15) is 13.2 Å². The first-order valence-electron chi connectivity index (χ1n) is 10.4. The summed E-state index contributed by atoms with van der Waals surface area (Å²) >= 11 is 0. The van der Waals surface area contributed by atoms with Gasteiger partial charge in [-0.25, -0.2) is 0 Å². The van der Waals surface area contributed by atoms with Gasteiger partial charge in [0.2, 0.25) is 0 Å². The van der Waals surface area contributed by atoms with E-state index in [0.717, 1.165) is 23.2 Å². The van der Waals surface area contributed by atoms with E-state index in [4.69, 9.17) is 9.31 Å². The van der Waals surface area contributed by atoms with Crippen molar-refractivity contribution in [2.45, 2.75) is 63.7 Å².